The molecule has 0 bridgehead atoms. The molecule has 6 nitrogen and oxygen atoms in total. The van der Waals surface area contributed by atoms with E-state index in [4.69, 9.17) is 0 Å². The highest BCUT2D eigenvalue weighted by atomic mass is 32.2. The molecule has 0 radical (unpaired) electrons. The highest BCUT2D eigenvalue weighted by molar-refractivity contribution is 7.89. The van der Waals surface area contributed by atoms with Crippen LogP contribution in [-0.2, 0) is 17.1 Å². The van der Waals surface area contributed by atoms with E-state index < -0.39 is 10.0 Å². The van der Waals surface area contributed by atoms with Crippen molar-refractivity contribution in [3.8, 4) is 0 Å². The number of rotatable bonds is 6. The van der Waals surface area contributed by atoms with Crippen LogP contribution >= 0.6 is 11.3 Å². The zero-order chi connectivity index (χ0) is 24.5. The lowest BCUT2D eigenvalue weighted by Crippen LogP contribution is -2.41. The van der Waals surface area contributed by atoms with Crippen molar-refractivity contribution in [1.29, 1.82) is 0 Å². The molecular weight excluding hydrogens is 466 g/mol. The molecule has 34 heavy (non-hydrogen) atoms. The van der Waals surface area contributed by atoms with Crippen LogP contribution in [-0.4, -0.2) is 35.8 Å². The Morgan fingerprint density at radius 2 is 1.79 bits per heavy atom. The molecule has 0 saturated heterocycles. The maximum absolute atomic E-state index is 13.3. The molecule has 3 aromatic rings. The van der Waals surface area contributed by atoms with E-state index in [0.29, 0.717) is 22.8 Å². The van der Waals surface area contributed by atoms with Gasteiger partial charge in [-0.3, -0.25) is 4.79 Å². The predicted molar refractivity (Wildman–Crippen MR) is 138 cm³/mol. The smallest absolute Gasteiger partial charge is 0.279 e. The first-order valence-electron chi connectivity index (χ1n) is 12.0. The molecule has 8 heteroatoms. The van der Waals surface area contributed by atoms with Crippen molar-refractivity contribution in [1.82, 2.24) is 8.87 Å². The number of carbonyl (C=O) groups is 1. The number of fused-ring (bicyclic) bond motifs is 1. The van der Waals surface area contributed by atoms with Crippen LogP contribution in [0.2, 0.25) is 0 Å². The molecule has 0 aliphatic heterocycles. The summed E-state index contributed by atoms with van der Waals surface area (Å²) < 4.78 is 31.2. The van der Waals surface area contributed by atoms with E-state index in [9.17, 15) is 13.2 Å². The van der Waals surface area contributed by atoms with E-state index in [-0.39, 0.29) is 16.8 Å². The zero-order valence-corrected chi connectivity index (χ0v) is 22.0. The largest absolute Gasteiger partial charge is 0.319 e. The number of hydrogen-bond donors (Lipinski definition) is 0. The lowest BCUT2D eigenvalue weighted by molar-refractivity contribution is 0.0998. The molecule has 1 aromatic heterocycles. The monoisotopic (exact) mass is 499 g/mol. The zero-order valence-electron chi connectivity index (χ0n) is 20.3. The van der Waals surface area contributed by atoms with Crippen molar-refractivity contribution in [3.63, 3.8) is 0 Å². The van der Waals surface area contributed by atoms with Gasteiger partial charge in [-0.05, 0) is 60.7 Å². The molecule has 1 heterocycles. The first-order chi connectivity index (χ1) is 16.2. The molecule has 0 spiro atoms. The topological polar surface area (TPSA) is 71.7 Å². The van der Waals surface area contributed by atoms with E-state index in [1.807, 2.05) is 18.5 Å². The van der Waals surface area contributed by atoms with Gasteiger partial charge in [-0.15, -0.1) is 0 Å². The summed E-state index contributed by atoms with van der Waals surface area (Å²) in [5, 5.41) is 0. The van der Waals surface area contributed by atoms with Gasteiger partial charge < -0.3 is 4.57 Å². The molecule has 1 aliphatic rings. The normalized spacial score (nSPS) is 16.1. The number of amides is 1. The number of hydrogen-bond acceptors (Lipinski definition) is 4. The highest BCUT2D eigenvalue weighted by Crippen LogP contribution is 2.28. The minimum absolute atomic E-state index is 0.0595. The average Bonchev–Trinajstić information content (AvgIpc) is 3.14. The van der Waals surface area contributed by atoms with Gasteiger partial charge in [0.15, 0.2) is 4.80 Å². The third-order valence-corrected chi connectivity index (χ3v) is 9.84. The maximum Gasteiger partial charge on any atom is 0.279 e. The maximum atomic E-state index is 13.3. The molecule has 0 N–H and O–H groups in total. The van der Waals surface area contributed by atoms with Crippen LogP contribution in [0, 0.1) is 0 Å². The van der Waals surface area contributed by atoms with Crippen LogP contribution in [0.15, 0.2) is 52.4 Å². The summed E-state index contributed by atoms with van der Waals surface area (Å²) in [4.78, 5) is 18.1. The van der Waals surface area contributed by atoms with Gasteiger partial charge in [-0.25, -0.2) is 8.42 Å². The van der Waals surface area contributed by atoms with Crippen LogP contribution in [0.25, 0.3) is 10.2 Å². The summed E-state index contributed by atoms with van der Waals surface area (Å²) >= 11 is 1.48. The molecule has 0 atom stereocenters. The number of thiazole rings is 1. The van der Waals surface area contributed by atoms with Crippen LogP contribution in [0.5, 0.6) is 0 Å². The summed E-state index contributed by atoms with van der Waals surface area (Å²) in [6.07, 6.45) is 5.13. The lowest BCUT2D eigenvalue weighted by Gasteiger charge is -2.32. The standard InChI is InChI=1S/C26H33N3O3S2/c1-5-29(21-9-7-6-8-10-21)34(31,32)22-14-11-19(12-15-22)25(30)27-26-28(4)23-16-13-20(18(2)3)17-24(23)33-26/h11-18,21H,5-10H2,1-4H3. The minimum atomic E-state index is -3.60. The molecule has 1 saturated carbocycles. The van der Waals surface area contributed by atoms with Crippen LogP contribution in [0.4, 0.5) is 0 Å². The molecule has 1 amide bonds. The Morgan fingerprint density at radius 3 is 2.41 bits per heavy atom. The van der Waals surface area contributed by atoms with Crippen molar-refractivity contribution in [2.45, 2.75) is 69.7 Å². The molecule has 1 aliphatic carbocycles. The van der Waals surface area contributed by atoms with Gasteiger partial charge in [-0.1, -0.05) is 57.4 Å². The van der Waals surface area contributed by atoms with Gasteiger partial charge in [0, 0.05) is 25.2 Å². The second-order valence-corrected chi connectivity index (χ2v) is 12.2. The fourth-order valence-electron chi connectivity index (χ4n) is 4.67. The van der Waals surface area contributed by atoms with Crippen molar-refractivity contribution in [2.24, 2.45) is 12.0 Å². The first kappa shape index (κ1) is 24.8. The van der Waals surface area contributed by atoms with Crippen molar-refractivity contribution < 1.29 is 13.2 Å². The highest BCUT2D eigenvalue weighted by Gasteiger charge is 2.31. The molecule has 1 fully saturated rings. The predicted octanol–water partition coefficient (Wildman–Crippen LogP) is 5.45. The van der Waals surface area contributed by atoms with E-state index >= 15 is 0 Å². The molecule has 182 valence electrons. The number of carbonyl (C=O) groups excluding carboxylic acids is 1. The van der Waals surface area contributed by atoms with Crippen LogP contribution in [0.3, 0.4) is 0 Å². The Hall–Kier alpha value is -2.29. The minimum Gasteiger partial charge on any atom is -0.319 e. The van der Waals surface area contributed by atoms with E-state index in [0.717, 1.165) is 35.9 Å². The van der Waals surface area contributed by atoms with Crippen LogP contribution < -0.4 is 4.80 Å². The summed E-state index contributed by atoms with van der Waals surface area (Å²) in [7, 11) is -1.69. The van der Waals surface area contributed by atoms with Gasteiger partial charge in [0.1, 0.15) is 0 Å². The summed E-state index contributed by atoms with van der Waals surface area (Å²) in [6.45, 7) is 6.65. The van der Waals surface area contributed by atoms with Gasteiger partial charge in [0.05, 0.1) is 15.1 Å². The SMILES string of the molecule is CCN(C1CCCCC1)S(=O)(=O)c1ccc(C(=O)N=c2sc3cc(C(C)C)ccc3n2C)cc1. The van der Waals surface area contributed by atoms with Crippen molar-refractivity contribution in [3.05, 3.63) is 58.4 Å². The third kappa shape index (κ3) is 4.90. The van der Waals surface area contributed by atoms with Gasteiger partial charge >= 0.3 is 0 Å². The summed E-state index contributed by atoms with van der Waals surface area (Å²) in [6, 6.07) is 12.6. The Balaban J connectivity index is 1.60. The molecule has 0 unspecified atom stereocenters. The Kier molecular flexibility index (Phi) is 7.40. The van der Waals surface area contributed by atoms with Crippen molar-refractivity contribution in [2.75, 3.05) is 6.54 Å². The Bertz CT molecular complexity index is 1350. The molecule has 4 rings (SSSR count). The molecular formula is C26H33N3O3S2. The second kappa shape index (κ2) is 10.1. The van der Waals surface area contributed by atoms with Crippen molar-refractivity contribution >= 4 is 37.5 Å². The van der Waals surface area contributed by atoms with Crippen LogP contribution in [0.1, 0.15) is 74.7 Å². The Labute approximate surface area is 206 Å². The quantitative estimate of drug-likeness (QED) is 0.453. The summed E-state index contributed by atoms with van der Waals surface area (Å²) in [5.41, 5.74) is 2.66. The number of nitrogens with zero attached hydrogens (tertiary/aromatic N) is 3. The average molecular weight is 500 g/mol. The third-order valence-electron chi connectivity index (χ3n) is 6.70. The summed E-state index contributed by atoms with van der Waals surface area (Å²) in [5.74, 6) is 0.0465. The van der Waals surface area contributed by atoms with E-state index in [1.54, 1.807) is 16.4 Å². The number of aryl methyl sites for hydroxylation is 1. The first-order valence-corrected chi connectivity index (χ1v) is 14.3. The number of sulfonamides is 1. The Morgan fingerprint density at radius 1 is 1.12 bits per heavy atom. The van der Waals surface area contributed by atoms with Gasteiger partial charge in [-0.2, -0.15) is 9.30 Å². The number of benzene rings is 2. The number of aromatic nitrogens is 1. The molecule has 2 aromatic carbocycles. The van der Waals surface area contributed by atoms with E-state index in [2.05, 4.69) is 37.0 Å². The van der Waals surface area contributed by atoms with Gasteiger partial charge in [0.2, 0.25) is 10.0 Å². The fraction of sp³-hybridized carbons (Fsp3) is 0.462. The lowest BCUT2D eigenvalue weighted by atomic mass is 9.95. The van der Waals surface area contributed by atoms with E-state index in [1.165, 1.54) is 35.5 Å². The van der Waals surface area contributed by atoms with Gasteiger partial charge in [0.25, 0.3) is 5.91 Å². The second-order valence-electron chi connectivity index (χ2n) is 9.27. The fourth-order valence-corrected chi connectivity index (χ4v) is 7.43.